The molecule has 3 aromatic carbocycles. The van der Waals surface area contributed by atoms with Gasteiger partial charge in [0.05, 0.1) is 22.5 Å². The highest BCUT2D eigenvalue weighted by Crippen LogP contribution is 2.40. The highest BCUT2D eigenvalue weighted by molar-refractivity contribution is 6.19. The first-order chi connectivity index (χ1) is 14.8. The molecule has 0 aliphatic carbocycles. The minimum Gasteiger partial charge on any atom is -0.481 e. The largest absolute Gasteiger partial charge is 0.481 e. The quantitative estimate of drug-likeness (QED) is 0.481. The first-order valence-corrected chi connectivity index (χ1v) is 10.1. The van der Waals surface area contributed by atoms with Crippen LogP contribution in [0.1, 0.15) is 40.0 Å². The van der Waals surface area contributed by atoms with Crippen molar-refractivity contribution >= 4 is 33.7 Å². The maximum atomic E-state index is 12.3. The van der Waals surface area contributed by atoms with Crippen molar-refractivity contribution in [1.82, 2.24) is 4.57 Å². The smallest absolute Gasteiger partial charge is 0.341 e. The van der Waals surface area contributed by atoms with Gasteiger partial charge < -0.3 is 20.1 Å². The molecule has 6 nitrogen and oxygen atoms in total. The van der Waals surface area contributed by atoms with E-state index in [2.05, 4.69) is 43.5 Å². The molecule has 1 aromatic heterocycles. The first-order valence-electron chi connectivity index (χ1n) is 10.1. The summed E-state index contributed by atoms with van der Waals surface area (Å²) in [6.07, 6.45) is 0. The monoisotopic (exact) mass is 416 g/mol. The number of fused-ring (bicyclic) bond motifs is 3. The average molecular weight is 416 g/mol. The van der Waals surface area contributed by atoms with Crippen molar-refractivity contribution in [2.75, 3.05) is 6.61 Å². The summed E-state index contributed by atoms with van der Waals surface area (Å²) in [5.74, 6) is -1.21. The molecular formula is C25H24N2O4. The number of carbonyl (C=O) groups is 2. The van der Waals surface area contributed by atoms with Crippen LogP contribution in [0, 0.1) is 13.8 Å². The molecule has 158 valence electrons. The fourth-order valence-electron chi connectivity index (χ4n) is 4.39. The number of carboxylic acid groups (broad SMARTS) is 1. The van der Waals surface area contributed by atoms with Gasteiger partial charge in [-0.3, -0.25) is 4.79 Å². The molecule has 31 heavy (non-hydrogen) atoms. The predicted molar refractivity (Wildman–Crippen MR) is 121 cm³/mol. The van der Waals surface area contributed by atoms with Crippen LogP contribution in [0.4, 0.5) is 0 Å². The number of nitrogens with two attached hydrogens (primary N) is 1. The average Bonchev–Trinajstić information content (AvgIpc) is 3.05. The van der Waals surface area contributed by atoms with E-state index >= 15 is 0 Å². The third kappa shape index (κ3) is 3.61. The second-order valence-electron chi connectivity index (χ2n) is 7.86. The van der Waals surface area contributed by atoms with Crippen LogP contribution in [-0.2, 0) is 4.79 Å². The summed E-state index contributed by atoms with van der Waals surface area (Å²) in [6.45, 7) is 5.77. The summed E-state index contributed by atoms with van der Waals surface area (Å²) in [4.78, 5) is 23.4. The fourth-order valence-corrected chi connectivity index (χ4v) is 4.39. The summed E-state index contributed by atoms with van der Waals surface area (Å²) in [6, 6.07) is 17.3. The van der Waals surface area contributed by atoms with Gasteiger partial charge in [-0.05, 0) is 50.6 Å². The lowest BCUT2D eigenvalue weighted by molar-refractivity contribution is -0.139. The summed E-state index contributed by atoms with van der Waals surface area (Å²) < 4.78 is 7.75. The third-order valence-electron chi connectivity index (χ3n) is 5.55. The molecule has 0 aliphatic rings. The number of primary amides is 1. The highest BCUT2D eigenvalue weighted by atomic mass is 16.5. The fraction of sp³-hybridized carbons (Fsp3) is 0.200. The van der Waals surface area contributed by atoms with Gasteiger partial charge in [0.25, 0.3) is 0 Å². The molecule has 1 heterocycles. The third-order valence-corrected chi connectivity index (χ3v) is 5.55. The van der Waals surface area contributed by atoms with Crippen molar-refractivity contribution in [3.63, 3.8) is 0 Å². The highest BCUT2D eigenvalue weighted by Gasteiger charge is 2.23. The van der Waals surface area contributed by atoms with Gasteiger partial charge in [0.1, 0.15) is 5.75 Å². The maximum absolute atomic E-state index is 12.3. The maximum Gasteiger partial charge on any atom is 0.341 e. The number of rotatable bonds is 6. The second kappa shape index (κ2) is 7.80. The van der Waals surface area contributed by atoms with Crippen LogP contribution in [0.15, 0.2) is 54.6 Å². The number of ether oxygens (including phenoxy) is 1. The van der Waals surface area contributed by atoms with Crippen LogP contribution in [0.5, 0.6) is 5.75 Å². The van der Waals surface area contributed by atoms with Crippen LogP contribution in [0.3, 0.4) is 0 Å². The molecule has 1 amide bonds. The lowest BCUT2D eigenvalue weighted by Crippen LogP contribution is -2.12. The lowest BCUT2D eigenvalue weighted by Gasteiger charge is -2.19. The van der Waals surface area contributed by atoms with Crippen LogP contribution < -0.4 is 10.5 Å². The Labute approximate surface area is 179 Å². The van der Waals surface area contributed by atoms with E-state index in [0.717, 1.165) is 16.6 Å². The van der Waals surface area contributed by atoms with E-state index in [4.69, 9.17) is 15.6 Å². The minimum atomic E-state index is -1.07. The van der Waals surface area contributed by atoms with Gasteiger partial charge in [-0.25, -0.2) is 4.79 Å². The van der Waals surface area contributed by atoms with E-state index in [1.54, 1.807) is 12.1 Å². The van der Waals surface area contributed by atoms with Crippen LogP contribution in [0.2, 0.25) is 0 Å². The number of aliphatic carboxylic acids is 1. The zero-order valence-corrected chi connectivity index (χ0v) is 17.7. The van der Waals surface area contributed by atoms with Gasteiger partial charge >= 0.3 is 5.97 Å². The molecule has 0 saturated heterocycles. The Morgan fingerprint density at radius 2 is 1.61 bits per heavy atom. The zero-order chi connectivity index (χ0) is 22.3. The number of carboxylic acids is 1. The standard InChI is InChI=1S/C25H24N2O4/c1-14-10-15(2)12-17(11-14)16(3)27-19-7-4-6-18(25(26)30)23(19)24-20(27)8-5-9-21(24)31-13-22(28)29/h4-12,16H,13H2,1-3H3,(H2,26,30)(H,28,29). The van der Waals surface area contributed by atoms with Crippen LogP contribution >= 0.6 is 0 Å². The first kappa shape index (κ1) is 20.5. The van der Waals surface area contributed by atoms with E-state index in [-0.39, 0.29) is 6.04 Å². The molecule has 0 bridgehead atoms. The number of hydrogen-bond donors (Lipinski definition) is 2. The minimum absolute atomic E-state index is 0.0450. The normalized spacial score (nSPS) is 12.2. The van der Waals surface area contributed by atoms with Gasteiger partial charge in [-0.2, -0.15) is 0 Å². The summed E-state index contributed by atoms with van der Waals surface area (Å²) in [7, 11) is 0. The summed E-state index contributed by atoms with van der Waals surface area (Å²) >= 11 is 0. The number of amides is 1. The zero-order valence-electron chi connectivity index (χ0n) is 17.7. The number of nitrogens with zero attached hydrogens (tertiary/aromatic N) is 1. The Morgan fingerprint density at radius 1 is 1.00 bits per heavy atom. The number of aromatic nitrogens is 1. The Morgan fingerprint density at radius 3 is 2.23 bits per heavy atom. The van der Waals surface area contributed by atoms with E-state index < -0.39 is 18.5 Å². The number of hydrogen-bond acceptors (Lipinski definition) is 3. The molecule has 0 spiro atoms. The molecule has 0 aliphatic heterocycles. The Hall–Kier alpha value is -3.80. The van der Waals surface area contributed by atoms with Crippen molar-refractivity contribution in [2.24, 2.45) is 5.73 Å². The molecule has 0 fully saturated rings. The molecule has 0 saturated carbocycles. The van der Waals surface area contributed by atoms with Crippen LogP contribution in [0.25, 0.3) is 21.8 Å². The van der Waals surface area contributed by atoms with Crippen molar-refractivity contribution in [2.45, 2.75) is 26.8 Å². The molecule has 4 aromatic rings. The predicted octanol–water partition coefficient (Wildman–Crippen LogP) is 4.58. The SMILES string of the molecule is Cc1cc(C)cc(C(C)n2c3cccc(OCC(=O)O)c3c3c(C(N)=O)cccc32)c1. The number of benzene rings is 3. The molecule has 6 heteroatoms. The molecule has 0 radical (unpaired) electrons. The summed E-state index contributed by atoms with van der Waals surface area (Å²) in [5, 5.41) is 10.4. The lowest BCUT2D eigenvalue weighted by atomic mass is 10.0. The van der Waals surface area contributed by atoms with Gasteiger partial charge in [0.2, 0.25) is 5.91 Å². The van der Waals surface area contributed by atoms with Crippen molar-refractivity contribution in [1.29, 1.82) is 0 Å². The molecule has 3 N–H and O–H groups in total. The van der Waals surface area contributed by atoms with Gasteiger partial charge in [-0.1, -0.05) is 41.5 Å². The Bertz CT molecular complexity index is 1320. The number of carbonyl (C=O) groups excluding carboxylic acids is 1. The molecule has 4 rings (SSSR count). The van der Waals surface area contributed by atoms with E-state index in [1.807, 2.05) is 24.3 Å². The second-order valence-corrected chi connectivity index (χ2v) is 7.86. The van der Waals surface area contributed by atoms with E-state index in [0.29, 0.717) is 22.1 Å². The molecule has 1 unspecified atom stereocenters. The molecular weight excluding hydrogens is 392 g/mol. The van der Waals surface area contributed by atoms with Crippen molar-refractivity contribution in [3.8, 4) is 5.75 Å². The van der Waals surface area contributed by atoms with Gasteiger partial charge in [-0.15, -0.1) is 0 Å². The molecule has 1 atom stereocenters. The van der Waals surface area contributed by atoms with E-state index in [1.165, 1.54) is 11.1 Å². The van der Waals surface area contributed by atoms with Gasteiger partial charge in [0.15, 0.2) is 6.61 Å². The van der Waals surface area contributed by atoms with E-state index in [9.17, 15) is 9.59 Å². The number of aryl methyl sites for hydroxylation is 2. The van der Waals surface area contributed by atoms with Gasteiger partial charge in [0, 0.05) is 10.9 Å². The Kier molecular flexibility index (Phi) is 5.15. The van der Waals surface area contributed by atoms with Crippen molar-refractivity contribution in [3.05, 3.63) is 76.9 Å². The summed E-state index contributed by atoms with van der Waals surface area (Å²) in [5.41, 5.74) is 11.2. The topological polar surface area (TPSA) is 94.6 Å². The van der Waals surface area contributed by atoms with Crippen LogP contribution in [-0.4, -0.2) is 28.2 Å². The Balaban J connectivity index is 2.07. The van der Waals surface area contributed by atoms with Crippen molar-refractivity contribution < 1.29 is 19.4 Å².